The minimum absolute atomic E-state index is 0.157. The van der Waals surface area contributed by atoms with Crippen molar-refractivity contribution in [2.45, 2.75) is 26.7 Å². The predicted octanol–water partition coefficient (Wildman–Crippen LogP) is 4.90. The lowest BCUT2D eigenvalue weighted by Gasteiger charge is -2.14. The van der Waals surface area contributed by atoms with Gasteiger partial charge in [0.1, 0.15) is 11.6 Å². The van der Waals surface area contributed by atoms with Gasteiger partial charge in [-0.2, -0.15) is 0 Å². The molecule has 3 aromatic rings. The van der Waals surface area contributed by atoms with Gasteiger partial charge in [0.25, 0.3) is 11.8 Å². The van der Waals surface area contributed by atoms with Crippen molar-refractivity contribution in [1.82, 2.24) is 15.2 Å². The van der Waals surface area contributed by atoms with Gasteiger partial charge in [-0.15, -0.1) is 0 Å². The normalized spacial score (nSPS) is 16.4. The monoisotopic (exact) mass is 490 g/mol. The Balaban J connectivity index is 1.47. The zero-order valence-electron chi connectivity index (χ0n) is 20.3. The average molecular weight is 491 g/mol. The fraction of sp³-hybridized carbons (Fsp3) is 0.286. The molecule has 0 unspecified atom stereocenters. The molecular formula is C28H28F2N4O2. The smallest absolute Gasteiger partial charge is 0.256 e. The zero-order valence-corrected chi connectivity index (χ0v) is 20.3. The second-order valence-corrected chi connectivity index (χ2v) is 9.33. The van der Waals surface area contributed by atoms with Crippen LogP contribution in [0.5, 0.6) is 0 Å². The summed E-state index contributed by atoms with van der Waals surface area (Å²) in [5, 5.41) is 5.83. The number of hydrogen-bond donors (Lipinski definition) is 3. The van der Waals surface area contributed by atoms with Crippen molar-refractivity contribution in [3.8, 4) is 11.1 Å². The molecule has 2 aromatic carbocycles. The van der Waals surface area contributed by atoms with Crippen LogP contribution in [0.1, 0.15) is 45.7 Å². The van der Waals surface area contributed by atoms with E-state index in [1.807, 2.05) is 13.8 Å². The van der Waals surface area contributed by atoms with Gasteiger partial charge in [0.2, 0.25) is 0 Å². The minimum Gasteiger partial charge on any atom is -0.358 e. The van der Waals surface area contributed by atoms with Crippen LogP contribution in [0, 0.1) is 25.5 Å². The molecular weight excluding hydrogens is 462 g/mol. The molecule has 0 radical (unpaired) electrons. The number of aromatic nitrogens is 1. The molecule has 0 saturated carbocycles. The van der Waals surface area contributed by atoms with Gasteiger partial charge in [0.15, 0.2) is 0 Å². The lowest BCUT2D eigenvalue weighted by Crippen LogP contribution is -2.33. The van der Waals surface area contributed by atoms with Crippen LogP contribution in [0.4, 0.5) is 14.5 Å². The lowest BCUT2D eigenvalue weighted by molar-refractivity contribution is -0.110. The van der Waals surface area contributed by atoms with E-state index in [1.165, 1.54) is 25.0 Å². The lowest BCUT2D eigenvalue weighted by atomic mass is 9.93. The Kier molecular flexibility index (Phi) is 6.45. The van der Waals surface area contributed by atoms with Crippen LogP contribution in [-0.4, -0.2) is 47.9 Å². The summed E-state index contributed by atoms with van der Waals surface area (Å²) < 4.78 is 28.2. The summed E-state index contributed by atoms with van der Waals surface area (Å²) in [6, 6.07) is 8.55. The van der Waals surface area contributed by atoms with E-state index in [1.54, 1.807) is 24.3 Å². The van der Waals surface area contributed by atoms with Crippen LogP contribution in [0.2, 0.25) is 0 Å². The third kappa shape index (κ3) is 4.44. The zero-order chi connectivity index (χ0) is 25.4. The number of aromatic amines is 1. The van der Waals surface area contributed by atoms with Crippen molar-refractivity contribution >= 4 is 29.2 Å². The third-order valence-electron chi connectivity index (χ3n) is 6.95. The van der Waals surface area contributed by atoms with E-state index in [9.17, 15) is 18.4 Å². The summed E-state index contributed by atoms with van der Waals surface area (Å²) in [4.78, 5) is 31.5. The first kappa shape index (κ1) is 23.9. The van der Waals surface area contributed by atoms with Crippen LogP contribution < -0.4 is 10.6 Å². The summed E-state index contributed by atoms with van der Waals surface area (Å²) in [7, 11) is 0. The van der Waals surface area contributed by atoms with Crippen molar-refractivity contribution in [1.29, 1.82) is 0 Å². The molecule has 0 atom stereocenters. The second kappa shape index (κ2) is 9.70. The molecule has 186 valence electrons. The molecule has 1 aromatic heterocycles. The molecule has 0 bridgehead atoms. The van der Waals surface area contributed by atoms with Gasteiger partial charge in [-0.25, -0.2) is 8.78 Å². The van der Waals surface area contributed by atoms with Crippen LogP contribution >= 0.6 is 0 Å². The fourth-order valence-electron chi connectivity index (χ4n) is 5.15. The number of nitrogens with zero attached hydrogens (tertiary/aromatic N) is 1. The molecule has 1 saturated heterocycles. The van der Waals surface area contributed by atoms with Gasteiger partial charge in [-0.1, -0.05) is 12.1 Å². The van der Waals surface area contributed by atoms with Crippen molar-refractivity contribution in [2.75, 3.05) is 31.5 Å². The van der Waals surface area contributed by atoms with Gasteiger partial charge in [0, 0.05) is 47.4 Å². The minimum atomic E-state index is -0.707. The SMILES string of the molecule is Cc1[nH]c(/C=C2\C(=O)Nc3cccc(-c4ccc(F)cc4F)c32)c(C)c1C(=O)NCCN1CCCC1. The van der Waals surface area contributed by atoms with E-state index in [4.69, 9.17) is 0 Å². The molecule has 0 spiro atoms. The van der Waals surface area contributed by atoms with Crippen molar-refractivity contribution in [3.05, 3.63) is 76.1 Å². The number of anilines is 1. The summed E-state index contributed by atoms with van der Waals surface area (Å²) in [5.41, 5.74) is 4.73. The molecule has 2 aliphatic rings. The highest BCUT2D eigenvalue weighted by atomic mass is 19.1. The third-order valence-corrected chi connectivity index (χ3v) is 6.95. The highest BCUT2D eigenvalue weighted by molar-refractivity contribution is 6.36. The van der Waals surface area contributed by atoms with E-state index in [0.29, 0.717) is 45.9 Å². The van der Waals surface area contributed by atoms with Gasteiger partial charge in [-0.3, -0.25) is 9.59 Å². The van der Waals surface area contributed by atoms with E-state index in [2.05, 4.69) is 20.5 Å². The first-order valence-corrected chi connectivity index (χ1v) is 12.1. The van der Waals surface area contributed by atoms with E-state index < -0.39 is 11.6 Å². The Morgan fingerprint density at radius 2 is 1.89 bits per heavy atom. The number of rotatable bonds is 6. The van der Waals surface area contributed by atoms with Crippen LogP contribution in [-0.2, 0) is 4.79 Å². The van der Waals surface area contributed by atoms with E-state index in [0.717, 1.165) is 31.3 Å². The largest absolute Gasteiger partial charge is 0.358 e. The van der Waals surface area contributed by atoms with Crippen molar-refractivity contribution in [3.63, 3.8) is 0 Å². The van der Waals surface area contributed by atoms with E-state index in [-0.39, 0.29) is 17.4 Å². The Bertz CT molecular complexity index is 1390. The number of nitrogens with one attached hydrogen (secondary N) is 3. The highest BCUT2D eigenvalue weighted by Crippen LogP contribution is 2.41. The Morgan fingerprint density at radius 1 is 1.11 bits per heavy atom. The number of hydrogen-bond acceptors (Lipinski definition) is 3. The Labute approximate surface area is 208 Å². The van der Waals surface area contributed by atoms with Crippen LogP contribution in [0.3, 0.4) is 0 Å². The topological polar surface area (TPSA) is 77.2 Å². The molecule has 8 heteroatoms. The number of halogens is 2. The second-order valence-electron chi connectivity index (χ2n) is 9.33. The fourth-order valence-corrected chi connectivity index (χ4v) is 5.15. The van der Waals surface area contributed by atoms with E-state index >= 15 is 0 Å². The van der Waals surface area contributed by atoms with Crippen molar-refractivity contribution in [2.24, 2.45) is 0 Å². The average Bonchev–Trinajstić information content (AvgIpc) is 3.53. The van der Waals surface area contributed by atoms with Gasteiger partial charge < -0.3 is 20.5 Å². The van der Waals surface area contributed by atoms with Gasteiger partial charge in [0.05, 0.1) is 11.1 Å². The quantitative estimate of drug-likeness (QED) is 0.431. The van der Waals surface area contributed by atoms with Crippen LogP contribution in [0.25, 0.3) is 22.8 Å². The predicted molar refractivity (Wildman–Crippen MR) is 137 cm³/mol. The molecule has 2 amide bonds. The maximum Gasteiger partial charge on any atom is 0.256 e. The summed E-state index contributed by atoms with van der Waals surface area (Å²) in [5.74, 6) is -1.86. The number of fused-ring (bicyclic) bond motifs is 1. The highest BCUT2D eigenvalue weighted by Gasteiger charge is 2.29. The van der Waals surface area contributed by atoms with Crippen LogP contribution in [0.15, 0.2) is 36.4 Å². The molecule has 0 aliphatic carbocycles. The Hall–Kier alpha value is -3.78. The number of likely N-dealkylation sites (tertiary alicyclic amines) is 1. The van der Waals surface area contributed by atoms with Gasteiger partial charge >= 0.3 is 0 Å². The first-order valence-electron chi connectivity index (χ1n) is 12.1. The van der Waals surface area contributed by atoms with Gasteiger partial charge in [-0.05, 0) is 75.2 Å². The summed E-state index contributed by atoms with van der Waals surface area (Å²) in [6.45, 7) is 7.20. The molecule has 5 rings (SSSR count). The molecule has 2 aliphatic heterocycles. The summed E-state index contributed by atoms with van der Waals surface area (Å²) in [6.07, 6.45) is 4.10. The molecule has 36 heavy (non-hydrogen) atoms. The summed E-state index contributed by atoms with van der Waals surface area (Å²) >= 11 is 0. The first-order chi connectivity index (χ1) is 17.3. The molecule has 3 heterocycles. The number of carbonyl (C=O) groups excluding carboxylic acids is 2. The van der Waals surface area contributed by atoms with Crippen molar-refractivity contribution < 1.29 is 18.4 Å². The molecule has 3 N–H and O–H groups in total. The standard InChI is InChI=1S/C28H28F2N4O2/c1-16-24(32-17(2)25(16)28(36)31-10-13-34-11-3-4-12-34)15-21-26-20(6-5-7-23(26)33-27(21)35)19-9-8-18(29)14-22(19)30/h5-9,14-15,32H,3-4,10-13H2,1-2H3,(H,31,36)(H,33,35)/b21-15-. The Morgan fingerprint density at radius 3 is 2.64 bits per heavy atom. The molecule has 1 fully saturated rings. The maximum absolute atomic E-state index is 14.6. The number of aryl methyl sites for hydroxylation is 1. The number of H-pyrrole nitrogens is 1. The number of carbonyl (C=O) groups is 2. The molecule has 6 nitrogen and oxygen atoms in total. The number of benzene rings is 2. The maximum atomic E-state index is 14.6. The number of amides is 2.